The van der Waals surface area contributed by atoms with Gasteiger partial charge < -0.3 is 10.5 Å². The smallest absolute Gasteiger partial charge is 0.167 e. The van der Waals surface area contributed by atoms with E-state index in [-0.39, 0.29) is 0 Å². The highest BCUT2D eigenvalue weighted by Gasteiger charge is 2.06. The van der Waals surface area contributed by atoms with E-state index in [4.69, 9.17) is 10.5 Å². The number of hydrogen-bond donors (Lipinski definition) is 1. The molecule has 2 aromatic heterocycles. The molecule has 0 saturated heterocycles. The minimum atomic E-state index is 0.371. The Bertz CT molecular complexity index is 438. The van der Waals surface area contributed by atoms with Crippen LogP contribution in [0, 0.1) is 6.92 Å². The zero-order valence-electron chi connectivity index (χ0n) is 7.55. The molecule has 0 bridgehead atoms. The number of rotatable bonds is 3. The molecule has 14 heavy (non-hydrogen) atoms. The lowest BCUT2D eigenvalue weighted by Gasteiger charge is -2.02. The molecule has 1 radical (unpaired) electrons. The molecule has 0 aliphatic heterocycles. The number of fused-ring (bicyclic) bond motifs is 1. The normalized spacial score (nSPS) is 10.9. The van der Waals surface area contributed by atoms with E-state index in [9.17, 15) is 0 Å². The highest BCUT2D eigenvalue weighted by molar-refractivity contribution is 5.80. The van der Waals surface area contributed by atoms with Gasteiger partial charge in [0.05, 0.1) is 6.33 Å². The molecule has 0 aromatic carbocycles. The second-order valence-corrected chi connectivity index (χ2v) is 2.68. The maximum Gasteiger partial charge on any atom is 0.167 e. The SMILES string of the molecule is [CH2]COCn1cnc2c(N)ncnc21. The molecule has 2 aromatic rings. The van der Waals surface area contributed by atoms with Crippen molar-refractivity contribution in [3.63, 3.8) is 0 Å². The highest BCUT2D eigenvalue weighted by Crippen LogP contribution is 2.13. The van der Waals surface area contributed by atoms with E-state index in [1.165, 1.54) is 6.33 Å². The van der Waals surface area contributed by atoms with Crippen molar-refractivity contribution in [1.82, 2.24) is 19.5 Å². The summed E-state index contributed by atoms with van der Waals surface area (Å²) >= 11 is 0. The third kappa shape index (κ3) is 1.39. The second kappa shape index (κ2) is 3.59. The molecule has 0 fully saturated rings. The van der Waals surface area contributed by atoms with Gasteiger partial charge in [-0.15, -0.1) is 0 Å². The summed E-state index contributed by atoms with van der Waals surface area (Å²) in [7, 11) is 0. The fourth-order valence-electron chi connectivity index (χ4n) is 1.16. The van der Waals surface area contributed by atoms with E-state index in [1.54, 1.807) is 10.9 Å². The summed E-state index contributed by atoms with van der Waals surface area (Å²) in [6.45, 7) is 4.34. The van der Waals surface area contributed by atoms with Crippen LogP contribution in [0.2, 0.25) is 0 Å². The van der Waals surface area contributed by atoms with Crippen molar-refractivity contribution in [2.45, 2.75) is 6.73 Å². The molecule has 73 valence electrons. The van der Waals surface area contributed by atoms with Crippen LogP contribution in [0.25, 0.3) is 11.2 Å². The van der Waals surface area contributed by atoms with Gasteiger partial charge in [-0.25, -0.2) is 15.0 Å². The summed E-state index contributed by atoms with van der Waals surface area (Å²) < 4.78 is 6.89. The van der Waals surface area contributed by atoms with Crippen molar-refractivity contribution in [3.8, 4) is 0 Å². The van der Waals surface area contributed by atoms with Gasteiger partial charge in [0.15, 0.2) is 11.5 Å². The molecule has 2 rings (SSSR count). The molecule has 0 amide bonds. The first-order chi connectivity index (χ1) is 6.83. The Hall–Kier alpha value is -1.69. The molecule has 2 heterocycles. The van der Waals surface area contributed by atoms with Crippen molar-refractivity contribution in [2.75, 3.05) is 12.3 Å². The summed E-state index contributed by atoms with van der Waals surface area (Å²) in [5.74, 6) is 0.378. The maximum atomic E-state index is 5.62. The van der Waals surface area contributed by atoms with Gasteiger partial charge in [0.2, 0.25) is 0 Å². The third-order valence-corrected chi connectivity index (χ3v) is 1.80. The van der Waals surface area contributed by atoms with E-state index in [0.717, 1.165) is 0 Å². The Labute approximate surface area is 80.7 Å². The molecule has 0 aliphatic carbocycles. The summed E-state index contributed by atoms with van der Waals surface area (Å²) in [5, 5.41) is 0. The minimum absolute atomic E-state index is 0.371. The number of ether oxygens (including phenoxy) is 1. The summed E-state index contributed by atoms with van der Waals surface area (Å²) in [6, 6.07) is 0. The fourth-order valence-corrected chi connectivity index (χ4v) is 1.16. The molecule has 0 aliphatic rings. The summed E-state index contributed by atoms with van der Waals surface area (Å²) in [5.41, 5.74) is 6.89. The summed E-state index contributed by atoms with van der Waals surface area (Å²) in [4.78, 5) is 12.0. The quantitative estimate of drug-likeness (QED) is 0.752. The lowest BCUT2D eigenvalue weighted by molar-refractivity contribution is 0.101. The van der Waals surface area contributed by atoms with Gasteiger partial charge in [-0.1, -0.05) is 0 Å². The zero-order chi connectivity index (χ0) is 9.97. The standard InChI is InChI=1S/C8H10N5O/c1-2-14-5-13-4-12-6-7(9)10-3-11-8(6)13/h3-4H,1-2,5H2,(H2,9,10,11). The largest absolute Gasteiger partial charge is 0.382 e. The first kappa shape index (κ1) is 8.89. The average Bonchev–Trinajstić information content (AvgIpc) is 2.60. The van der Waals surface area contributed by atoms with Crippen molar-refractivity contribution in [2.24, 2.45) is 0 Å². The van der Waals surface area contributed by atoms with Crippen LogP contribution >= 0.6 is 0 Å². The molecule has 6 heteroatoms. The van der Waals surface area contributed by atoms with Crippen LogP contribution in [0.3, 0.4) is 0 Å². The lowest BCUT2D eigenvalue weighted by atomic mass is 10.5. The Kier molecular flexibility index (Phi) is 2.28. The Morgan fingerprint density at radius 3 is 3.07 bits per heavy atom. The number of anilines is 1. The molecule has 0 unspecified atom stereocenters. The molecular formula is C8H10N5O. The van der Waals surface area contributed by atoms with E-state index in [2.05, 4.69) is 21.9 Å². The average molecular weight is 192 g/mol. The highest BCUT2D eigenvalue weighted by atomic mass is 16.5. The molecule has 0 saturated carbocycles. The molecule has 0 spiro atoms. The number of imidazole rings is 1. The number of hydrogen-bond acceptors (Lipinski definition) is 5. The van der Waals surface area contributed by atoms with Gasteiger partial charge in [0.1, 0.15) is 18.6 Å². The monoisotopic (exact) mass is 192 g/mol. The van der Waals surface area contributed by atoms with Crippen molar-refractivity contribution in [3.05, 3.63) is 19.6 Å². The van der Waals surface area contributed by atoms with Gasteiger partial charge >= 0.3 is 0 Å². The number of nitrogens with zero attached hydrogens (tertiary/aromatic N) is 4. The van der Waals surface area contributed by atoms with Gasteiger partial charge in [-0.3, -0.25) is 4.57 Å². The first-order valence-corrected chi connectivity index (χ1v) is 4.11. The van der Waals surface area contributed by atoms with Gasteiger partial charge in [0.25, 0.3) is 0 Å². The first-order valence-electron chi connectivity index (χ1n) is 4.11. The van der Waals surface area contributed by atoms with Gasteiger partial charge in [-0.2, -0.15) is 0 Å². The predicted molar refractivity (Wildman–Crippen MR) is 51.0 cm³/mol. The Balaban J connectivity index is 2.42. The van der Waals surface area contributed by atoms with Crippen LogP contribution in [0.4, 0.5) is 5.82 Å². The van der Waals surface area contributed by atoms with Crippen LogP contribution in [-0.2, 0) is 11.5 Å². The van der Waals surface area contributed by atoms with Crippen molar-refractivity contribution in [1.29, 1.82) is 0 Å². The van der Waals surface area contributed by atoms with Gasteiger partial charge in [-0.05, 0) is 6.92 Å². The van der Waals surface area contributed by atoms with E-state index in [0.29, 0.717) is 30.3 Å². The van der Waals surface area contributed by atoms with E-state index >= 15 is 0 Å². The van der Waals surface area contributed by atoms with Crippen LogP contribution in [0.5, 0.6) is 0 Å². The number of nitrogen functional groups attached to an aromatic ring is 1. The number of aromatic nitrogens is 4. The topological polar surface area (TPSA) is 78.9 Å². The molecular weight excluding hydrogens is 182 g/mol. The van der Waals surface area contributed by atoms with Crippen LogP contribution in [0.15, 0.2) is 12.7 Å². The molecule has 6 nitrogen and oxygen atoms in total. The molecule has 2 N–H and O–H groups in total. The maximum absolute atomic E-state index is 5.62. The Morgan fingerprint density at radius 2 is 2.29 bits per heavy atom. The van der Waals surface area contributed by atoms with Crippen LogP contribution in [0.1, 0.15) is 0 Å². The third-order valence-electron chi connectivity index (χ3n) is 1.80. The Morgan fingerprint density at radius 1 is 1.43 bits per heavy atom. The predicted octanol–water partition coefficient (Wildman–Crippen LogP) is 0.217. The van der Waals surface area contributed by atoms with Crippen molar-refractivity contribution >= 4 is 17.0 Å². The van der Waals surface area contributed by atoms with Crippen LogP contribution < -0.4 is 5.73 Å². The second-order valence-electron chi connectivity index (χ2n) is 2.68. The molecule has 0 atom stereocenters. The summed E-state index contributed by atoms with van der Waals surface area (Å²) in [6.07, 6.45) is 3.02. The zero-order valence-corrected chi connectivity index (χ0v) is 7.55. The fraction of sp³-hybridized carbons (Fsp3) is 0.250. The van der Waals surface area contributed by atoms with E-state index in [1.807, 2.05) is 0 Å². The van der Waals surface area contributed by atoms with Crippen LogP contribution in [-0.4, -0.2) is 26.1 Å². The minimum Gasteiger partial charge on any atom is -0.382 e. The van der Waals surface area contributed by atoms with E-state index < -0.39 is 0 Å². The lowest BCUT2D eigenvalue weighted by Crippen LogP contribution is -2.02. The number of nitrogens with two attached hydrogens (primary N) is 1. The van der Waals surface area contributed by atoms with Crippen molar-refractivity contribution < 1.29 is 4.74 Å². The van der Waals surface area contributed by atoms with Gasteiger partial charge in [0, 0.05) is 6.61 Å².